The summed E-state index contributed by atoms with van der Waals surface area (Å²) >= 11 is 0. The van der Waals surface area contributed by atoms with Gasteiger partial charge in [-0.1, -0.05) is 19.1 Å². The van der Waals surface area contributed by atoms with E-state index in [0.29, 0.717) is 58.2 Å². The number of anilines is 2. The van der Waals surface area contributed by atoms with Crippen LogP contribution in [0.1, 0.15) is 22.8 Å². The van der Waals surface area contributed by atoms with Crippen molar-refractivity contribution in [2.24, 2.45) is 0 Å². The fourth-order valence-electron chi connectivity index (χ4n) is 4.15. The lowest BCUT2D eigenvalue weighted by Gasteiger charge is -2.37. The van der Waals surface area contributed by atoms with Gasteiger partial charge in [0.2, 0.25) is 0 Å². The van der Waals surface area contributed by atoms with E-state index in [0.717, 1.165) is 17.7 Å². The zero-order valence-corrected chi connectivity index (χ0v) is 17.8. The summed E-state index contributed by atoms with van der Waals surface area (Å²) in [5, 5.41) is 11.5. The lowest BCUT2D eigenvalue weighted by Crippen LogP contribution is -2.48. The second kappa shape index (κ2) is 9.34. The zero-order valence-electron chi connectivity index (χ0n) is 17.8. The molecule has 0 N–H and O–H groups in total. The lowest BCUT2D eigenvalue weighted by atomic mass is 10.1. The summed E-state index contributed by atoms with van der Waals surface area (Å²) in [5.74, 6) is 0.0556. The second-order valence-electron chi connectivity index (χ2n) is 7.86. The van der Waals surface area contributed by atoms with Crippen LogP contribution in [0.25, 0.3) is 0 Å². The van der Waals surface area contributed by atoms with Crippen molar-refractivity contribution in [3.8, 4) is 0 Å². The largest absolute Gasteiger partial charge is 0.378 e. The van der Waals surface area contributed by atoms with Crippen LogP contribution in [0.3, 0.4) is 0 Å². The number of aryl methyl sites for hydroxylation is 1. The highest BCUT2D eigenvalue weighted by atomic mass is 16.6. The van der Waals surface area contributed by atoms with Gasteiger partial charge in [0.15, 0.2) is 0 Å². The average Bonchev–Trinajstić information content (AvgIpc) is 2.84. The molecule has 2 saturated heterocycles. The maximum absolute atomic E-state index is 12.8. The summed E-state index contributed by atoms with van der Waals surface area (Å²) in [6.45, 7) is 7.16. The molecule has 8 nitrogen and oxygen atoms in total. The number of morpholine rings is 1. The summed E-state index contributed by atoms with van der Waals surface area (Å²) < 4.78 is 5.39. The Balaban J connectivity index is 1.45. The number of nitrogens with zero attached hydrogens (tertiary/aromatic N) is 4. The van der Waals surface area contributed by atoms with E-state index in [1.165, 1.54) is 5.56 Å². The number of carbonyl (C=O) groups is 1. The highest BCUT2D eigenvalue weighted by Gasteiger charge is 2.26. The van der Waals surface area contributed by atoms with Crippen LogP contribution in [-0.2, 0) is 11.2 Å². The zero-order chi connectivity index (χ0) is 21.8. The molecule has 1 amide bonds. The van der Waals surface area contributed by atoms with Gasteiger partial charge in [0.1, 0.15) is 5.69 Å². The van der Waals surface area contributed by atoms with Crippen molar-refractivity contribution in [1.82, 2.24) is 4.90 Å². The summed E-state index contributed by atoms with van der Waals surface area (Å²) in [6.07, 6.45) is 0.953. The summed E-state index contributed by atoms with van der Waals surface area (Å²) in [7, 11) is 0. The fourth-order valence-corrected chi connectivity index (χ4v) is 4.15. The van der Waals surface area contributed by atoms with E-state index in [4.69, 9.17) is 4.74 Å². The van der Waals surface area contributed by atoms with Gasteiger partial charge in [0.25, 0.3) is 11.6 Å². The van der Waals surface area contributed by atoms with E-state index in [-0.39, 0.29) is 16.5 Å². The highest BCUT2D eigenvalue weighted by Crippen LogP contribution is 2.33. The number of hydrogen-bond donors (Lipinski definition) is 0. The molecule has 2 aromatic carbocycles. The number of ether oxygens (including phenoxy) is 1. The predicted molar refractivity (Wildman–Crippen MR) is 120 cm³/mol. The van der Waals surface area contributed by atoms with Crippen LogP contribution >= 0.6 is 0 Å². The summed E-state index contributed by atoms with van der Waals surface area (Å²) in [4.78, 5) is 30.1. The molecule has 0 aromatic heterocycles. The highest BCUT2D eigenvalue weighted by molar-refractivity contribution is 5.94. The Kier molecular flexibility index (Phi) is 6.36. The Labute approximate surface area is 182 Å². The maximum Gasteiger partial charge on any atom is 0.292 e. The molecule has 2 heterocycles. The number of carbonyl (C=O) groups excluding carboxylic acids is 1. The van der Waals surface area contributed by atoms with Crippen LogP contribution in [0.4, 0.5) is 17.1 Å². The Morgan fingerprint density at radius 3 is 2.26 bits per heavy atom. The summed E-state index contributed by atoms with van der Waals surface area (Å²) in [5.41, 5.74) is 3.65. The monoisotopic (exact) mass is 424 g/mol. The van der Waals surface area contributed by atoms with E-state index in [9.17, 15) is 14.9 Å². The molecular formula is C23H28N4O4. The van der Waals surface area contributed by atoms with Crippen molar-refractivity contribution in [3.63, 3.8) is 0 Å². The molecule has 0 saturated carbocycles. The van der Waals surface area contributed by atoms with E-state index < -0.39 is 0 Å². The van der Waals surface area contributed by atoms with Crippen LogP contribution in [-0.4, -0.2) is 68.2 Å². The lowest BCUT2D eigenvalue weighted by molar-refractivity contribution is -0.384. The molecule has 0 spiro atoms. The topological polar surface area (TPSA) is 79.2 Å². The fraction of sp³-hybridized carbons (Fsp3) is 0.435. The van der Waals surface area contributed by atoms with E-state index in [1.54, 1.807) is 6.07 Å². The third kappa shape index (κ3) is 4.64. The molecule has 0 radical (unpaired) electrons. The molecule has 0 atom stereocenters. The van der Waals surface area contributed by atoms with E-state index in [2.05, 4.69) is 11.8 Å². The van der Waals surface area contributed by atoms with Crippen LogP contribution in [0.2, 0.25) is 0 Å². The van der Waals surface area contributed by atoms with Gasteiger partial charge in [0, 0.05) is 56.6 Å². The first-order valence-corrected chi connectivity index (χ1v) is 10.8. The van der Waals surface area contributed by atoms with Crippen LogP contribution in [0, 0.1) is 10.1 Å². The third-order valence-electron chi connectivity index (χ3n) is 6.05. The molecule has 2 aliphatic heterocycles. The van der Waals surface area contributed by atoms with Crippen LogP contribution < -0.4 is 9.80 Å². The van der Waals surface area contributed by atoms with Gasteiger partial charge in [-0.25, -0.2) is 0 Å². The standard InChI is InChI=1S/C23H28N4O4/c1-2-18-3-5-19(6-4-18)23(28)26-11-9-24(10-12-26)20-7-8-21(27(29)30)22(17-20)25-13-15-31-16-14-25/h3-8,17H,2,9-16H2,1H3. The Morgan fingerprint density at radius 2 is 1.65 bits per heavy atom. The first-order valence-electron chi connectivity index (χ1n) is 10.8. The van der Waals surface area contributed by atoms with E-state index >= 15 is 0 Å². The van der Waals surface area contributed by atoms with E-state index in [1.807, 2.05) is 46.2 Å². The van der Waals surface area contributed by atoms with Gasteiger partial charge < -0.3 is 19.4 Å². The molecule has 164 valence electrons. The van der Waals surface area contributed by atoms with Crippen LogP contribution in [0.5, 0.6) is 0 Å². The molecular weight excluding hydrogens is 396 g/mol. The van der Waals surface area contributed by atoms with Gasteiger partial charge in [-0.15, -0.1) is 0 Å². The molecule has 0 bridgehead atoms. The number of rotatable bonds is 5. The average molecular weight is 425 g/mol. The minimum atomic E-state index is -0.324. The van der Waals surface area contributed by atoms with Gasteiger partial charge in [-0.05, 0) is 36.2 Å². The summed E-state index contributed by atoms with van der Waals surface area (Å²) in [6, 6.07) is 13.1. The maximum atomic E-state index is 12.8. The molecule has 2 aromatic rings. The molecule has 2 fully saturated rings. The smallest absolute Gasteiger partial charge is 0.292 e. The van der Waals surface area contributed by atoms with Crippen molar-refractivity contribution in [2.45, 2.75) is 13.3 Å². The Bertz CT molecular complexity index is 933. The van der Waals surface area contributed by atoms with Gasteiger partial charge in [-0.2, -0.15) is 0 Å². The van der Waals surface area contributed by atoms with Gasteiger partial charge >= 0.3 is 0 Å². The SMILES string of the molecule is CCc1ccc(C(=O)N2CCN(c3ccc([N+](=O)[O-])c(N4CCOCC4)c3)CC2)cc1. The van der Waals surface area contributed by atoms with Gasteiger partial charge in [-0.3, -0.25) is 14.9 Å². The molecule has 0 aliphatic carbocycles. The first kappa shape index (κ1) is 21.1. The third-order valence-corrected chi connectivity index (χ3v) is 6.05. The quantitative estimate of drug-likeness (QED) is 0.542. The van der Waals surface area contributed by atoms with Crippen molar-refractivity contribution < 1.29 is 14.5 Å². The van der Waals surface area contributed by atoms with Crippen molar-refractivity contribution in [2.75, 3.05) is 62.3 Å². The van der Waals surface area contributed by atoms with Crippen molar-refractivity contribution in [1.29, 1.82) is 0 Å². The number of piperazine rings is 1. The van der Waals surface area contributed by atoms with Crippen LogP contribution in [0.15, 0.2) is 42.5 Å². The normalized spacial score (nSPS) is 17.0. The van der Waals surface area contributed by atoms with Crippen molar-refractivity contribution in [3.05, 3.63) is 63.7 Å². The van der Waals surface area contributed by atoms with Crippen molar-refractivity contribution >= 4 is 23.0 Å². The molecule has 0 unspecified atom stereocenters. The minimum absolute atomic E-state index is 0.0556. The minimum Gasteiger partial charge on any atom is -0.378 e. The molecule has 4 rings (SSSR count). The van der Waals surface area contributed by atoms with Gasteiger partial charge in [0.05, 0.1) is 18.1 Å². The number of amides is 1. The number of hydrogen-bond acceptors (Lipinski definition) is 6. The molecule has 2 aliphatic rings. The Morgan fingerprint density at radius 1 is 0.968 bits per heavy atom. The Hall–Kier alpha value is -3.13. The molecule has 8 heteroatoms. The number of benzene rings is 2. The first-order chi connectivity index (χ1) is 15.1. The number of nitro benzene ring substituents is 1. The molecule has 31 heavy (non-hydrogen) atoms. The second-order valence-corrected chi connectivity index (χ2v) is 7.86. The predicted octanol–water partition coefficient (Wildman–Crippen LogP) is 2.96. The number of nitro groups is 1.